The maximum Gasteiger partial charge on any atom is 0.178 e. The van der Waals surface area contributed by atoms with E-state index >= 15 is 0 Å². The molecule has 0 aromatic carbocycles. The van der Waals surface area contributed by atoms with Crippen LogP contribution in [0.25, 0.3) is 0 Å². The number of carbonyl (C=O) groups is 1. The minimum Gasteiger partial charge on any atom is -0.302 e. The normalized spacial score (nSPS) is 10.8. The molecule has 15 heavy (non-hydrogen) atoms. The van der Waals surface area contributed by atoms with Gasteiger partial charge in [0.2, 0.25) is 0 Å². The molecule has 0 N–H and O–H groups in total. The van der Waals surface area contributed by atoms with Crippen LogP contribution < -0.4 is 0 Å². The third-order valence-electron chi connectivity index (χ3n) is 2.26. The van der Waals surface area contributed by atoms with Gasteiger partial charge in [0.25, 0.3) is 0 Å². The van der Waals surface area contributed by atoms with Gasteiger partial charge in [-0.15, -0.1) is 0 Å². The molecule has 0 saturated heterocycles. The Morgan fingerprint density at radius 1 is 1.33 bits per heavy atom. The zero-order valence-corrected chi connectivity index (χ0v) is 10.1. The molecule has 0 aliphatic carbocycles. The Bertz CT molecular complexity index is 360. The molecule has 0 radical (unpaired) electrons. The van der Waals surface area contributed by atoms with Crippen molar-refractivity contribution >= 4 is 5.78 Å². The van der Waals surface area contributed by atoms with Crippen LogP contribution in [0, 0.1) is 20.8 Å². The first-order valence-electron chi connectivity index (χ1n) is 5.04. The van der Waals surface area contributed by atoms with Crippen LogP contribution in [0.2, 0.25) is 0 Å². The zero-order chi connectivity index (χ0) is 11.6. The summed E-state index contributed by atoms with van der Waals surface area (Å²) in [5, 5.41) is 0. The average Bonchev–Trinajstić information content (AvgIpc) is 1.99. The monoisotopic (exact) mass is 206 g/mol. The molecule has 0 unspecified atom stereocenters. The molecular weight excluding hydrogens is 188 g/mol. The Kier molecular flexibility index (Phi) is 3.58. The fraction of sp³-hybridized carbons (Fsp3) is 0.500. The Morgan fingerprint density at radius 3 is 2.40 bits per heavy atom. The van der Waals surface area contributed by atoms with Gasteiger partial charge < -0.3 is 4.90 Å². The lowest BCUT2D eigenvalue weighted by molar-refractivity contribution is 0.0956. The molecule has 1 heterocycles. The Balaban J connectivity index is 3.09. The molecule has 0 atom stereocenters. The molecule has 3 heteroatoms. The second kappa shape index (κ2) is 4.53. The van der Waals surface area contributed by atoms with Gasteiger partial charge in [-0.3, -0.25) is 9.78 Å². The summed E-state index contributed by atoms with van der Waals surface area (Å²) in [4.78, 5) is 18.1. The lowest BCUT2D eigenvalue weighted by Gasteiger charge is -2.12. The van der Waals surface area contributed by atoms with Gasteiger partial charge >= 0.3 is 0 Å². The number of carbonyl (C=O) groups excluding carboxylic acids is 1. The maximum atomic E-state index is 11.9. The highest BCUT2D eigenvalue weighted by molar-refractivity contribution is 5.99. The van der Waals surface area contributed by atoms with Crippen LogP contribution in [0.15, 0.2) is 6.07 Å². The number of hydrogen-bond donors (Lipinski definition) is 0. The highest BCUT2D eigenvalue weighted by Gasteiger charge is 2.14. The maximum absolute atomic E-state index is 11.9. The standard InChI is InChI=1S/C12H18N2O/c1-8-6-9(2)13-10(3)12(8)11(15)7-14(4)5/h6H,7H2,1-5H3. The molecule has 1 rings (SSSR count). The van der Waals surface area contributed by atoms with Gasteiger partial charge in [-0.05, 0) is 46.5 Å². The molecule has 0 aliphatic rings. The van der Waals surface area contributed by atoms with Crippen LogP contribution in [0.1, 0.15) is 27.3 Å². The molecule has 0 aliphatic heterocycles. The minimum atomic E-state index is 0.141. The first kappa shape index (κ1) is 11.9. The lowest BCUT2D eigenvalue weighted by Crippen LogP contribution is -2.23. The van der Waals surface area contributed by atoms with Gasteiger partial charge in [0, 0.05) is 17.0 Å². The predicted octanol–water partition coefficient (Wildman–Crippen LogP) is 1.75. The number of rotatable bonds is 3. The SMILES string of the molecule is Cc1cc(C)c(C(=O)CN(C)C)c(C)n1. The fourth-order valence-corrected chi connectivity index (χ4v) is 1.81. The number of Topliss-reactive ketones (excluding diaryl/α,β-unsaturated/α-hetero) is 1. The highest BCUT2D eigenvalue weighted by Crippen LogP contribution is 2.14. The second-order valence-electron chi connectivity index (χ2n) is 4.20. The van der Waals surface area contributed by atoms with Crippen molar-refractivity contribution in [3.05, 3.63) is 28.6 Å². The van der Waals surface area contributed by atoms with E-state index in [1.165, 1.54) is 0 Å². The number of pyridine rings is 1. The van der Waals surface area contributed by atoms with E-state index in [4.69, 9.17) is 0 Å². The molecule has 1 aromatic heterocycles. The van der Waals surface area contributed by atoms with Gasteiger partial charge in [0.15, 0.2) is 5.78 Å². The Morgan fingerprint density at radius 2 is 1.93 bits per heavy atom. The highest BCUT2D eigenvalue weighted by atomic mass is 16.1. The average molecular weight is 206 g/mol. The third-order valence-corrected chi connectivity index (χ3v) is 2.26. The summed E-state index contributed by atoms with van der Waals surface area (Å²) in [5.41, 5.74) is 3.59. The minimum absolute atomic E-state index is 0.141. The van der Waals surface area contributed by atoms with Crippen LogP contribution in [0.3, 0.4) is 0 Å². The molecule has 0 saturated carbocycles. The van der Waals surface area contributed by atoms with E-state index in [2.05, 4.69) is 4.98 Å². The number of nitrogens with zero attached hydrogens (tertiary/aromatic N) is 2. The van der Waals surface area contributed by atoms with Crippen molar-refractivity contribution in [1.82, 2.24) is 9.88 Å². The molecule has 0 spiro atoms. The summed E-state index contributed by atoms with van der Waals surface area (Å²) in [6, 6.07) is 1.95. The van der Waals surface area contributed by atoms with E-state index in [9.17, 15) is 4.79 Å². The molecular formula is C12H18N2O. The molecule has 82 valence electrons. The summed E-state index contributed by atoms with van der Waals surface area (Å²) in [6.07, 6.45) is 0. The van der Waals surface area contributed by atoms with Gasteiger partial charge in [0.05, 0.1) is 6.54 Å². The van der Waals surface area contributed by atoms with Crippen LogP contribution >= 0.6 is 0 Å². The van der Waals surface area contributed by atoms with E-state index in [-0.39, 0.29) is 5.78 Å². The summed E-state index contributed by atoms with van der Waals surface area (Å²) in [6.45, 7) is 6.24. The van der Waals surface area contributed by atoms with E-state index < -0.39 is 0 Å². The third kappa shape index (κ3) is 2.86. The van der Waals surface area contributed by atoms with E-state index in [0.717, 1.165) is 22.5 Å². The number of aromatic nitrogens is 1. The lowest BCUT2D eigenvalue weighted by atomic mass is 10.0. The van der Waals surface area contributed by atoms with Crippen molar-refractivity contribution < 1.29 is 4.79 Å². The summed E-state index contributed by atoms with van der Waals surface area (Å²) in [5.74, 6) is 0.141. The summed E-state index contributed by atoms with van der Waals surface area (Å²) in [7, 11) is 3.79. The molecule has 0 fully saturated rings. The van der Waals surface area contributed by atoms with E-state index in [1.54, 1.807) is 0 Å². The van der Waals surface area contributed by atoms with Crippen LogP contribution in [0.4, 0.5) is 0 Å². The van der Waals surface area contributed by atoms with Gasteiger partial charge in [-0.2, -0.15) is 0 Å². The van der Waals surface area contributed by atoms with Crippen LogP contribution in [0.5, 0.6) is 0 Å². The van der Waals surface area contributed by atoms with Gasteiger partial charge in [0.1, 0.15) is 0 Å². The van der Waals surface area contributed by atoms with Crippen molar-refractivity contribution in [2.75, 3.05) is 20.6 Å². The van der Waals surface area contributed by atoms with Crippen molar-refractivity contribution in [1.29, 1.82) is 0 Å². The topological polar surface area (TPSA) is 33.2 Å². The largest absolute Gasteiger partial charge is 0.302 e. The molecule has 1 aromatic rings. The quantitative estimate of drug-likeness (QED) is 0.706. The van der Waals surface area contributed by atoms with Crippen molar-refractivity contribution in [3.63, 3.8) is 0 Å². The zero-order valence-electron chi connectivity index (χ0n) is 10.1. The summed E-state index contributed by atoms with van der Waals surface area (Å²) < 4.78 is 0. The van der Waals surface area contributed by atoms with Crippen LogP contribution in [-0.2, 0) is 0 Å². The first-order valence-corrected chi connectivity index (χ1v) is 5.04. The molecule has 3 nitrogen and oxygen atoms in total. The van der Waals surface area contributed by atoms with Crippen LogP contribution in [-0.4, -0.2) is 36.3 Å². The Hall–Kier alpha value is -1.22. The van der Waals surface area contributed by atoms with Crippen molar-refractivity contribution in [2.45, 2.75) is 20.8 Å². The fourth-order valence-electron chi connectivity index (χ4n) is 1.81. The molecule has 0 amide bonds. The number of aryl methyl sites for hydroxylation is 3. The van der Waals surface area contributed by atoms with Gasteiger partial charge in [-0.25, -0.2) is 0 Å². The first-order chi connectivity index (χ1) is 6.91. The van der Waals surface area contributed by atoms with Crippen molar-refractivity contribution in [3.8, 4) is 0 Å². The molecule has 0 bridgehead atoms. The number of ketones is 1. The smallest absolute Gasteiger partial charge is 0.178 e. The number of likely N-dealkylation sites (N-methyl/N-ethyl adjacent to an activating group) is 1. The van der Waals surface area contributed by atoms with E-state index in [1.807, 2.05) is 45.8 Å². The van der Waals surface area contributed by atoms with Crippen molar-refractivity contribution in [2.24, 2.45) is 0 Å². The number of hydrogen-bond acceptors (Lipinski definition) is 3. The summed E-state index contributed by atoms with van der Waals surface area (Å²) >= 11 is 0. The van der Waals surface area contributed by atoms with Gasteiger partial charge in [-0.1, -0.05) is 0 Å². The Labute approximate surface area is 91.1 Å². The van der Waals surface area contributed by atoms with E-state index in [0.29, 0.717) is 6.54 Å². The second-order valence-corrected chi connectivity index (χ2v) is 4.20. The predicted molar refractivity (Wildman–Crippen MR) is 61.3 cm³/mol.